The van der Waals surface area contributed by atoms with Crippen LogP contribution in [0.15, 0.2) is 30.5 Å². The number of ketones is 1. The van der Waals surface area contributed by atoms with E-state index in [1.807, 2.05) is 18.2 Å². The van der Waals surface area contributed by atoms with Crippen LogP contribution in [-0.4, -0.2) is 22.7 Å². The lowest BCUT2D eigenvalue weighted by molar-refractivity contribution is 0.0953. The molecule has 0 unspecified atom stereocenters. The average molecular weight is 286 g/mol. The number of hydrogen-bond donors (Lipinski definition) is 1. The van der Waals surface area contributed by atoms with Crippen LogP contribution >= 0.6 is 11.3 Å². The molecule has 20 heavy (non-hydrogen) atoms. The van der Waals surface area contributed by atoms with Gasteiger partial charge in [0.05, 0.1) is 6.20 Å². The van der Waals surface area contributed by atoms with Gasteiger partial charge in [-0.25, -0.2) is 4.98 Å². The highest BCUT2D eigenvalue weighted by molar-refractivity contribution is 7.16. The number of carbonyl (C=O) groups excluding carboxylic acids is 2. The highest BCUT2D eigenvalue weighted by Gasteiger charge is 2.24. The molecule has 0 spiro atoms. The Bertz CT molecular complexity index is 674. The zero-order valence-electron chi connectivity index (χ0n) is 11.1. The summed E-state index contributed by atoms with van der Waals surface area (Å²) in [6.45, 7) is 1.54. The van der Waals surface area contributed by atoms with Crippen LogP contribution in [0, 0.1) is 0 Å². The van der Waals surface area contributed by atoms with Crippen molar-refractivity contribution < 1.29 is 9.59 Å². The van der Waals surface area contributed by atoms with Crippen molar-refractivity contribution in [1.82, 2.24) is 10.3 Å². The number of benzene rings is 1. The van der Waals surface area contributed by atoms with Gasteiger partial charge in [0.15, 0.2) is 5.78 Å². The van der Waals surface area contributed by atoms with Crippen LogP contribution in [0.5, 0.6) is 0 Å². The standard InChI is InChI=1S/C15H14N2O2S/c1-9(18)10-3-2-4-11(7-10)15-16-8-13(20-15)14(19)17-12-5-6-12/h2-4,7-8,12H,5-6H2,1H3,(H,17,19). The number of nitrogens with zero attached hydrogens (tertiary/aromatic N) is 1. The molecule has 3 rings (SSSR count). The molecule has 1 fully saturated rings. The fraction of sp³-hybridized carbons (Fsp3) is 0.267. The summed E-state index contributed by atoms with van der Waals surface area (Å²) < 4.78 is 0. The Kier molecular flexibility index (Phi) is 3.36. The lowest BCUT2D eigenvalue weighted by atomic mass is 10.1. The van der Waals surface area contributed by atoms with Gasteiger partial charge in [0, 0.05) is 17.2 Å². The third-order valence-electron chi connectivity index (χ3n) is 3.16. The Balaban J connectivity index is 1.83. The summed E-state index contributed by atoms with van der Waals surface area (Å²) >= 11 is 1.35. The van der Waals surface area contributed by atoms with Gasteiger partial charge in [-0.05, 0) is 25.8 Å². The third kappa shape index (κ3) is 2.77. The molecule has 1 aromatic carbocycles. The van der Waals surface area contributed by atoms with Crippen molar-refractivity contribution in [3.8, 4) is 10.6 Å². The van der Waals surface area contributed by atoms with Crippen LogP contribution in [0.1, 0.15) is 39.8 Å². The monoisotopic (exact) mass is 286 g/mol. The van der Waals surface area contributed by atoms with Crippen molar-refractivity contribution in [2.45, 2.75) is 25.8 Å². The average Bonchev–Trinajstić information content (AvgIpc) is 3.11. The van der Waals surface area contributed by atoms with E-state index in [4.69, 9.17) is 0 Å². The molecule has 102 valence electrons. The number of carbonyl (C=O) groups is 2. The van der Waals surface area contributed by atoms with E-state index in [0.29, 0.717) is 16.5 Å². The fourth-order valence-electron chi connectivity index (χ4n) is 1.87. The molecule has 1 saturated carbocycles. The highest BCUT2D eigenvalue weighted by atomic mass is 32.1. The molecule has 1 heterocycles. The van der Waals surface area contributed by atoms with E-state index in [2.05, 4.69) is 10.3 Å². The minimum atomic E-state index is -0.0565. The lowest BCUT2D eigenvalue weighted by Gasteiger charge is -2.00. The van der Waals surface area contributed by atoms with Crippen molar-refractivity contribution in [2.75, 3.05) is 0 Å². The second kappa shape index (κ2) is 5.17. The smallest absolute Gasteiger partial charge is 0.263 e. The van der Waals surface area contributed by atoms with Crippen LogP contribution < -0.4 is 5.32 Å². The van der Waals surface area contributed by atoms with E-state index >= 15 is 0 Å². The summed E-state index contributed by atoms with van der Waals surface area (Å²) in [7, 11) is 0. The molecular weight excluding hydrogens is 272 g/mol. The van der Waals surface area contributed by atoms with Gasteiger partial charge in [0.25, 0.3) is 5.91 Å². The molecule has 1 amide bonds. The molecule has 1 N–H and O–H groups in total. The molecular formula is C15H14N2O2S. The maximum absolute atomic E-state index is 11.9. The fourth-order valence-corrected chi connectivity index (χ4v) is 2.68. The Hall–Kier alpha value is -2.01. The second-order valence-corrected chi connectivity index (χ2v) is 5.95. The van der Waals surface area contributed by atoms with Gasteiger partial charge >= 0.3 is 0 Å². The van der Waals surface area contributed by atoms with Crippen molar-refractivity contribution in [3.63, 3.8) is 0 Å². The van der Waals surface area contributed by atoms with E-state index in [0.717, 1.165) is 23.4 Å². The maximum atomic E-state index is 11.9. The van der Waals surface area contributed by atoms with Crippen molar-refractivity contribution in [3.05, 3.63) is 40.9 Å². The molecule has 2 aromatic rings. The molecule has 1 aliphatic rings. The van der Waals surface area contributed by atoms with E-state index in [9.17, 15) is 9.59 Å². The second-order valence-electron chi connectivity index (χ2n) is 4.91. The molecule has 0 radical (unpaired) electrons. The predicted molar refractivity (Wildman–Crippen MR) is 78.0 cm³/mol. The van der Waals surface area contributed by atoms with Gasteiger partial charge in [-0.3, -0.25) is 9.59 Å². The van der Waals surface area contributed by atoms with E-state index in [-0.39, 0.29) is 11.7 Å². The normalized spacial score (nSPS) is 14.1. The summed E-state index contributed by atoms with van der Waals surface area (Å²) in [5, 5.41) is 3.70. The van der Waals surface area contributed by atoms with Crippen LogP contribution in [0.25, 0.3) is 10.6 Å². The lowest BCUT2D eigenvalue weighted by Crippen LogP contribution is -2.24. The molecule has 1 aromatic heterocycles. The summed E-state index contributed by atoms with van der Waals surface area (Å²) in [6.07, 6.45) is 3.73. The highest BCUT2D eigenvalue weighted by Crippen LogP contribution is 2.27. The molecule has 0 saturated heterocycles. The number of rotatable bonds is 4. The van der Waals surface area contributed by atoms with Crippen LogP contribution in [0.2, 0.25) is 0 Å². The molecule has 4 nitrogen and oxygen atoms in total. The van der Waals surface area contributed by atoms with Crippen LogP contribution in [0.3, 0.4) is 0 Å². The Morgan fingerprint density at radius 3 is 2.85 bits per heavy atom. The van der Waals surface area contributed by atoms with Crippen molar-refractivity contribution in [1.29, 1.82) is 0 Å². The third-order valence-corrected chi connectivity index (χ3v) is 4.20. The van der Waals surface area contributed by atoms with Gasteiger partial charge in [-0.2, -0.15) is 0 Å². The maximum Gasteiger partial charge on any atom is 0.263 e. The van der Waals surface area contributed by atoms with Crippen molar-refractivity contribution >= 4 is 23.0 Å². The quantitative estimate of drug-likeness (QED) is 0.879. The number of amides is 1. The summed E-state index contributed by atoms with van der Waals surface area (Å²) in [5.41, 5.74) is 1.52. The summed E-state index contributed by atoms with van der Waals surface area (Å²) in [6, 6.07) is 7.66. The van der Waals surface area contributed by atoms with Gasteiger partial charge in [-0.1, -0.05) is 18.2 Å². The Morgan fingerprint density at radius 2 is 2.15 bits per heavy atom. The first kappa shape index (κ1) is 13.0. The van der Waals surface area contributed by atoms with E-state index < -0.39 is 0 Å². The van der Waals surface area contributed by atoms with Gasteiger partial charge in [0.1, 0.15) is 9.88 Å². The summed E-state index contributed by atoms with van der Waals surface area (Å²) in [4.78, 5) is 28.2. The molecule has 0 aliphatic heterocycles. The first-order valence-electron chi connectivity index (χ1n) is 6.51. The molecule has 0 atom stereocenters. The van der Waals surface area contributed by atoms with E-state index in [1.54, 1.807) is 12.3 Å². The first-order valence-corrected chi connectivity index (χ1v) is 7.33. The molecule has 5 heteroatoms. The number of aromatic nitrogens is 1. The van der Waals surface area contributed by atoms with Gasteiger partial charge < -0.3 is 5.32 Å². The molecule has 1 aliphatic carbocycles. The summed E-state index contributed by atoms with van der Waals surface area (Å²) in [5.74, 6) is -0.0333. The van der Waals surface area contributed by atoms with Crippen molar-refractivity contribution in [2.24, 2.45) is 0 Å². The van der Waals surface area contributed by atoms with E-state index in [1.165, 1.54) is 18.3 Å². The molecule has 0 bridgehead atoms. The zero-order valence-corrected chi connectivity index (χ0v) is 11.9. The van der Waals surface area contributed by atoms with Crippen LogP contribution in [-0.2, 0) is 0 Å². The zero-order chi connectivity index (χ0) is 14.1. The number of thiazole rings is 1. The number of Topliss-reactive ketones (excluding diaryl/α,β-unsaturated/α-hetero) is 1. The minimum absolute atomic E-state index is 0.0232. The topological polar surface area (TPSA) is 59.1 Å². The SMILES string of the molecule is CC(=O)c1cccc(-c2ncc(C(=O)NC3CC3)s2)c1. The van der Waals surface area contributed by atoms with Gasteiger partial charge in [-0.15, -0.1) is 11.3 Å². The largest absolute Gasteiger partial charge is 0.349 e. The van der Waals surface area contributed by atoms with Crippen LogP contribution in [0.4, 0.5) is 0 Å². The Morgan fingerprint density at radius 1 is 1.35 bits per heavy atom. The Labute approximate surface area is 120 Å². The minimum Gasteiger partial charge on any atom is -0.349 e. The first-order chi connectivity index (χ1) is 9.63. The number of nitrogens with one attached hydrogen (secondary N) is 1. The van der Waals surface area contributed by atoms with Gasteiger partial charge in [0.2, 0.25) is 0 Å². The number of hydrogen-bond acceptors (Lipinski definition) is 4. The predicted octanol–water partition coefficient (Wildman–Crippen LogP) is 2.90.